The van der Waals surface area contributed by atoms with Crippen LogP contribution in [0, 0.1) is 11.8 Å². The van der Waals surface area contributed by atoms with Crippen LogP contribution >= 0.6 is 0 Å². The highest BCUT2D eigenvalue weighted by Crippen LogP contribution is 2.33. The van der Waals surface area contributed by atoms with Gasteiger partial charge >= 0.3 is 0 Å². The second-order valence-corrected chi connectivity index (χ2v) is 7.22. The number of H-pyrrole nitrogens is 1. The third-order valence-electron chi connectivity index (χ3n) is 5.66. The van der Waals surface area contributed by atoms with Crippen molar-refractivity contribution < 1.29 is 4.74 Å². The van der Waals surface area contributed by atoms with Gasteiger partial charge in [0.1, 0.15) is 17.0 Å². The summed E-state index contributed by atoms with van der Waals surface area (Å²) in [5, 5.41) is 3.48. The molecule has 7 nitrogen and oxygen atoms in total. The van der Waals surface area contributed by atoms with Crippen molar-refractivity contribution in [2.45, 2.75) is 0 Å². The Labute approximate surface area is 157 Å². The molecule has 0 bridgehead atoms. The molecule has 4 heterocycles. The first-order valence-corrected chi connectivity index (χ1v) is 9.24. The van der Waals surface area contributed by atoms with Crippen molar-refractivity contribution in [2.75, 3.05) is 38.2 Å². The fraction of sp³-hybridized carbons (Fsp3) is 0.350. The second kappa shape index (κ2) is 6.35. The van der Waals surface area contributed by atoms with Crippen molar-refractivity contribution in [1.82, 2.24) is 25.3 Å². The number of imidazole rings is 1. The standard InChI is InChI=1S/C20H22N6O/c1-3-12-6-13(4-5-16(12)27-2)17-18-19(23-11-22-18)25-20(24-17)26-9-14-7-21-8-15(14)10-26/h3-6,11,14-15,21H,1,7-10H2,2H3,(H,22,23,24,25). The molecule has 3 aromatic rings. The molecule has 2 atom stereocenters. The summed E-state index contributed by atoms with van der Waals surface area (Å²) in [6, 6.07) is 5.99. The smallest absolute Gasteiger partial charge is 0.228 e. The molecule has 5 rings (SSSR count). The van der Waals surface area contributed by atoms with Gasteiger partial charge in [-0.2, -0.15) is 4.98 Å². The summed E-state index contributed by atoms with van der Waals surface area (Å²) >= 11 is 0. The highest BCUT2D eigenvalue weighted by atomic mass is 16.5. The molecule has 2 aliphatic heterocycles. The molecule has 138 valence electrons. The summed E-state index contributed by atoms with van der Waals surface area (Å²) in [7, 11) is 1.66. The van der Waals surface area contributed by atoms with Crippen molar-refractivity contribution in [3.05, 3.63) is 36.7 Å². The van der Waals surface area contributed by atoms with E-state index in [-0.39, 0.29) is 0 Å². The van der Waals surface area contributed by atoms with Gasteiger partial charge in [-0.15, -0.1) is 0 Å². The minimum atomic E-state index is 0.683. The maximum absolute atomic E-state index is 5.41. The summed E-state index contributed by atoms with van der Waals surface area (Å²) in [4.78, 5) is 19.6. The first-order valence-electron chi connectivity index (χ1n) is 9.24. The van der Waals surface area contributed by atoms with E-state index in [4.69, 9.17) is 14.7 Å². The number of aromatic nitrogens is 4. The van der Waals surface area contributed by atoms with Gasteiger partial charge < -0.3 is 19.9 Å². The van der Waals surface area contributed by atoms with Crippen LogP contribution in [0.25, 0.3) is 28.5 Å². The monoisotopic (exact) mass is 362 g/mol. The summed E-state index contributed by atoms with van der Waals surface area (Å²) in [6.07, 6.45) is 3.47. The van der Waals surface area contributed by atoms with E-state index in [0.29, 0.717) is 11.8 Å². The van der Waals surface area contributed by atoms with Crippen LogP contribution in [0.1, 0.15) is 5.56 Å². The van der Waals surface area contributed by atoms with E-state index in [9.17, 15) is 0 Å². The van der Waals surface area contributed by atoms with Crippen LogP contribution in [0.15, 0.2) is 31.1 Å². The number of aromatic amines is 1. The van der Waals surface area contributed by atoms with Crippen LogP contribution in [-0.2, 0) is 0 Å². The molecule has 2 fully saturated rings. The maximum Gasteiger partial charge on any atom is 0.228 e. The van der Waals surface area contributed by atoms with Gasteiger partial charge in [-0.3, -0.25) is 0 Å². The predicted octanol–water partition coefficient (Wildman–Crippen LogP) is 2.33. The van der Waals surface area contributed by atoms with Crippen LogP contribution in [0.3, 0.4) is 0 Å². The lowest BCUT2D eigenvalue weighted by atomic mass is 10.0. The van der Waals surface area contributed by atoms with Crippen molar-refractivity contribution in [3.63, 3.8) is 0 Å². The van der Waals surface area contributed by atoms with E-state index in [2.05, 4.69) is 26.8 Å². The van der Waals surface area contributed by atoms with Gasteiger partial charge in [-0.1, -0.05) is 12.7 Å². The maximum atomic E-state index is 5.41. The minimum Gasteiger partial charge on any atom is -0.496 e. The highest BCUT2D eigenvalue weighted by Gasteiger charge is 2.37. The average Bonchev–Trinajstić information content (AvgIpc) is 3.41. The van der Waals surface area contributed by atoms with Crippen LogP contribution in [0.2, 0.25) is 0 Å². The van der Waals surface area contributed by atoms with E-state index >= 15 is 0 Å². The lowest BCUT2D eigenvalue weighted by molar-refractivity contribution is 0.414. The molecule has 2 aromatic heterocycles. The Morgan fingerprint density at radius 1 is 1.22 bits per heavy atom. The number of benzene rings is 1. The zero-order valence-corrected chi connectivity index (χ0v) is 15.3. The fourth-order valence-electron chi connectivity index (χ4n) is 4.23. The van der Waals surface area contributed by atoms with E-state index in [1.165, 1.54) is 0 Å². The Morgan fingerprint density at radius 2 is 2.04 bits per heavy atom. The van der Waals surface area contributed by atoms with Gasteiger partial charge in [0, 0.05) is 37.3 Å². The van der Waals surface area contributed by atoms with Gasteiger partial charge in [-0.05, 0) is 30.0 Å². The minimum absolute atomic E-state index is 0.683. The topological polar surface area (TPSA) is 79.0 Å². The van der Waals surface area contributed by atoms with Crippen molar-refractivity contribution in [2.24, 2.45) is 11.8 Å². The molecule has 2 N–H and O–H groups in total. The molecule has 27 heavy (non-hydrogen) atoms. The zero-order valence-electron chi connectivity index (χ0n) is 15.3. The predicted molar refractivity (Wildman–Crippen MR) is 106 cm³/mol. The molecule has 0 saturated carbocycles. The molecule has 0 radical (unpaired) electrons. The van der Waals surface area contributed by atoms with Crippen molar-refractivity contribution >= 4 is 23.2 Å². The Bertz CT molecular complexity index is 1000. The van der Waals surface area contributed by atoms with Crippen LogP contribution in [-0.4, -0.2) is 53.2 Å². The molecule has 2 saturated heterocycles. The first kappa shape index (κ1) is 16.3. The summed E-state index contributed by atoms with van der Waals surface area (Å²) in [6.45, 7) is 8.06. The summed E-state index contributed by atoms with van der Waals surface area (Å²) in [5.41, 5.74) is 4.28. The van der Waals surface area contributed by atoms with Gasteiger partial charge in [0.25, 0.3) is 0 Å². The quantitative estimate of drug-likeness (QED) is 0.742. The normalized spacial score (nSPS) is 21.6. The number of hydrogen-bond acceptors (Lipinski definition) is 6. The van der Waals surface area contributed by atoms with E-state index in [1.807, 2.05) is 18.2 Å². The van der Waals surface area contributed by atoms with Gasteiger partial charge in [-0.25, -0.2) is 9.97 Å². The number of hydrogen-bond donors (Lipinski definition) is 2. The largest absolute Gasteiger partial charge is 0.496 e. The third-order valence-corrected chi connectivity index (χ3v) is 5.66. The molecule has 0 amide bonds. The average molecular weight is 362 g/mol. The van der Waals surface area contributed by atoms with Crippen molar-refractivity contribution in [1.29, 1.82) is 0 Å². The lowest BCUT2D eigenvalue weighted by Gasteiger charge is -2.18. The number of anilines is 1. The highest BCUT2D eigenvalue weighted by molar-refractivity contribution is 5.88. The molecular formula is C20H22N6O. The Hall–Kier alpha value is -2.93. The summed E-state index contributed by atoms with van der Waals surface area (Å²) < 4.78 is 5.41. The van der Waals surface area contributed by atoms with Gasteiger partial charge in [0.2, 0.25) is 5.95 Å². The molecule has 0 spiro atoms. The van der Waals surface area contributed by atoms with Gasteiger partial charge in [0.05, 0.1) is 13.4 Å². The number of fused-ring (bicyclic) bond motifs is 2. The SMILES string of the molecule is C=Cc1cc(-c2nc(N3CC4CNCC4C3)nc3[nH]cnc23)ccc1OC. The van der Waals surface area contributed by atoms with Crippen LogP contribution in [0.5, 0.6) is 5.75 Å². The van der Waals surface area contributed by atoms with E-state index < -0.39 is 0 Å². The molecular weight excluding hydrogens is 340 g/mol. The molecule has 7 heteroatoms. The Morgan fingerprint density at radius 3 is 2.78 bits per heavy atom. The van der Waals surface area contributed by atoms with Gasteiger partial charge in [0.15, 0.2) is 5.65 Å². The van der Waals surface area contributed by atoms with Crippen LogP contribution in [0.4, 0.5) is 5.95 Å². The number of ether oxygens (including phenoxy) is 1. The van der Waals surface area contributed by atoms with Crippen molar-refractivity contribution in [3.8, 4) is 17.0 Å². The number of nitrogens with zero attached hydrogens (tertiary/aromatic N) is 4. The second-order valence-electron chi connectivity index (χ2n) is 7.22. The lowest BCUT2D eigenvalue weighted by Crippen LogP contribution is -2.27. The fourth-order valence-corrected chi connectivity index (χ4v) is 4.23. The molecule has 0 aliphatic carbocycles. The van der Waals surface area contributed by atoms with E-state index in [1.54, 1.807) is 19.5 Å². The molecule has 1 aromatic carbocycles. The van der Waals surface area contributed by atoms with Crippen LogP contribution < -0.4 is 15.0 Å². The Kier molecular flexibility index (Phi) is 3.82. The number of methoxy groups -OCH3 is 1. The number of nitrogens with one attached hydrogen (secondary N) is 2. The third kappa shape index (κ3) is 2.66. The first-order chi connectivity index (χ1) is 13.3. The number of rotatable bonds is 4. The summed E-state index contributed by atoms with van der Waals surface area (Å²) in [5.74, 6) is 2.93. The molecule has 2 aliphatic rings. The zero-order chi connectivity index (χ0) is 18.4. The molecule has 2 unspecified atom stereocenters. The Balaban J connectivity index is 1.60. The van der Waals surface area contributed by atoms with E-state index in [0.717, 1.165) is 65.9 Å².